The molecule has 2 rings (SSSR count). The average Bonchev–Trinajstić information content (AvgIpc) is 2.90. The third-order valence-corrected chi connectivity index (χ3v) is 2.75. The first-order chi connectivity index (χ1) is 7.84. The van der Waals surface area contributed by atoms with Crippen LogP contribution in [0, 0.1) is 0 Å². The number of rotatable bonds is 5. The minimum Gasteiger partial charge on any atom is -0.354 e. The third kappa shape index (κ3) is 3.30. The number of hydrogen-bond donors (Lipinski definition) is 2. The Morgan fingerprint density at radius 1 is 1.62 bits per heavy atom. The summed E-state index contributed by atoms with van der Waals surface area (Å²) in [5.41, 5.74) is 0. The number of amides is 1. The summed E-state index contributed by atoms with van der Waals surface area (Å²) in [5.74, 6) is -0.0107. The van der Waals surface area contributed by atoms with Crippen LogP contribution in [0.25, 0.3) is 0 Å². The number of aromatic nitrogens is 3. The lowest BCUT2D eigenvalue weighted by Gasteiger charge is -2.10. The standard InChI is InChI=1S/C10H17N5O/c16-10(6-15-8-11-7-14-15)13-5-3-9-2-1-4-12-9/h7-9,12H,1-6H2,(H,13,16)/t9-/m1/s1. The van der Waals surface area contributed by atoms with E-state index in [1.54, 1.807) is 0 Å². The molecule has 1 amide bonds. The molecule has 16 heavy (non-hydrogen) atoms. The number of carbonyl (C=O) groups excluding carboxylic acids is 1. The summed E-state index contributed by atoms with van der Waals surface area (Å²) in [7, 11) is 0. The molecule has 0 bridgehead atoms. The van der Waals surface area contributed by atoms with E-state index < -0.39 is 0 Å². The molecule has 1 aliphatic rings. The number of carbonyl (C=O) groups is 1. The van der Waals surface area contributed by atoms with Gasteiger partial charge < -0.3 is 10.6 Å². The van der Waals surface area contributed by atoms with Gasteiger partial charge in [-0.3, -0.25) is 4.79 Å². The van der Waals surface area contributed by atoms with Crippen molar-refractivity contribution in [3.63, 3.8) is 0 Å². The molecule has 1 atom stereocenters. The maximum atomic E-state index is 11.5. The molecule has 1 aromatic rings. The van der Waals surface area contributed by atoms with Gasteiger partial charge in [0.1, 0.15) is 19.2 Å². The van der Waals surface area contributed by atoms with Crippen molar-refractivity contribution >= 4 is 5.91 Å². The van der Waals surface area contributed by atoms with Crippen LogP contribution in [0.2, 0.25) is 0 Å². The highest BCUT2D eigenvalue weighted by Gasteiger charge is 2.13. The first kappa shape index (κ1) is 11.1. The van der Waals surface area contributed by atoms with Crippen LogP contribution in [0.4, 0.5) is 0 Å². The predicted molar refractivity (Wildman–Crippen MR) is 58.7 cm³/mol. The molecule has 1 saturated heterocycles. The van der Waals surface area contributed by atoms with E-state index in [2.05, 4.69) is 20.7 Å². The zero-order chi connectivity index (χ0) is 11.2. The van der Waals surface area contributed by atoms with Crippen LogP contribution in [-0.2, 0) is 11.3 Å². The fourth-order valence-corrected chi connectivity index (χ4v) is 1.91. The van der Waals surface area contributed by atoms with Gasteiger partial charge in [-0.15, -0.1) is 0 Å². The fraction of sp³-hybridized carbons (Fsp3) is 0.700. The summed E-state index contributed by atoms with van der Waals surface area (Å²) in [6.07, 6.45) is 6.44. The van der Waals surface area contributed by atoms with E-state index in [0.29, 0.717) is 6.04 Å². The maximum absolute atomic E-state index is 11.5. The first-order valence-electron chi connectivity index (χ1n) is 5.67. The zero-order valence-electron chi connectivity index (χ0n) is 9.22. The summed E-state index contributed by atoms with van der Waals surface area (Å²) < 4.78 is 1.52. The fourth-order valence-electron chi connectivity index (χ4n) is 1.91. The minimum atomic E-state index is -0.0107. The monoisotopic (exact) mass is 223 g/mol. The van der Waals surface area contributed by atoms with Crippen molar-refractivity contribution in [1.29, 1.82) is 0 Å². The molecule has 1 fully saturated rings. The Labute approximate surface area is 94.4 Å². The molecule has 2 heterocycles. The van der Waals surface area contributed by atoms with Gasteiger partial charge in [0, 0.05) is 12.6 Å². The molecule has 0 saturated carbocycles. The SMILES string of the molecule is O=C(Cn1cncn1)NCC[C@H]1CCCN1. The molecule has 2 N–H and O–H groups in total. The van der Waals surface area contributed by atoms with Crippen LogP contribution in [0.3, 0.4) is 0 Å². The Hall–Kier alpha value is -1.43. The molecule has 0 aromatic carbocycles. The van der Waals surface area contributed by atoms with Crippen LogP contribution in [0.5, 0.6) is 0 Å². The van der Waals surface area contributed by atoms with Crippen LogP contribution < -0.4 is 10.6 Å². The lowest BCUT2D eigenvalue weighted by atomic mass is 10.1. The minimum absolute atomic E-state index is 0.0107. The van der Waals surface area contributed by atoms with Gasteiger partial charge >= 0.3 is 0 Å². The molecular formula is C10H17N5O. The quantitative estimate of drug-likeness (QED) is 0.708. The van der Waals surface area contributed by atoms with E-state index in [0.717, 1.165) is 19.5 Å². The van der Waals surface area contributed by atoms with Gasteiger partial charge in [-0.05, 0) is 25.8 Å². The second-order valence-corrected chi connectivity index (χ2v) is 4.02. The highest BCUT2D eigenvalue weighted by molar-refractivity contribution is 5.75. The van der Waals surface area contributed by atoms with Crippen molar-refractivity contribution in [2.75, 3.05) is 13.1 Å². The molecular weight excluding hydrogens is 206 g/mol. The Morgan fingerprint density at radius 2 is 2.56 bits per heavy atom. The van der Waals surface area contributed by atoms with Crippen LogP contribution in [0.15, 0.2) is 12.7 Å². The molecule has 1 aliphatic heterocycles. The molecule has 0 aliphatic carbocycles. The van der Waals surface area contributed by atoms with Gasteiger partial charge in [0.2, 0.25) is 5.91 Å². The smallest absolute Gasteiger partial charge is 0.241 e. The van der Waals surface area contributed by atoms with Gasteiger partial charge in [0.15, 0.2) is 0 Å². The summed E-state index contributed by atoms with van der Waals surface area (Å²) >= 11 is 0. The Balaban J connectivity index is 1.60. The molecule has 0 unspecified atom stereocenters. The summed E-state index contributed by atoms with van der Waals surface area (Å²) in [4.78, 5) is 15.2. The van der Waals surface area contributed by atoms with E-state index in [9.17, 15) is 4.79 Å². The molecule has 6 heteroatoms. The van der Waals surface area contributed by atoms with Crippen molar-refractivity contribution in [2.24, 2.45) is 0 Å². The van der Waals surface area contributed by atoms with E-state index >= 15 is 0 Å². The number of nitrogens with zero attached hydrogens (tertiary/aromatic N) is 3. The summed E-state index contributed by atoms with van der Waals surface area (Å²) in [5, 5.41) is 10.2. The Kier molecular flexibility index (Phi) is 3.87. The van der Waals surface area contributed by atoms with Gasteiger partial charge in [-0.25, -0.2) is 9.67 Å². The van der Waals surface area contributed by atoms with E-state index in [4.69, 9.17) is 0 Å². The van der Waals surface area contributed by atoms with Crippen molar-refractivity contribution in [3.8, 4) is 0 Å². The highest BCUT2D eigenvalue weighted by atomic mass is 16.2. The molecule has 1 aromatic heterocycles. The van der Waals surface area contributed by atoms with Gasteiger partial charge in [-0.2, -0.15) is 5.10 Å². The van der Waals surface area contributed by atoms with E-state index in [1.807, 2.05) is 0 Å². The second-order valence-electron chi connectivity index (χ2n) is 4.02. The Bertz CT molecular complexity index is 318. The van der Waals surface area contributed by atoms with Crippen molar-refractivity contribution in [3.05, 3.63) is 12.7 Å². The predicted octanol–water partition coefficient (Wildman–Crippen LogP) is -0.464. The number of nitrogens with one attached hydrogen (secondary N) is 2. The third-order valence-electron chi connectivity index (χ3n) is 2.75. The molecule has 88 valence electrons. The van der Waals surface area contributed by atoms with Crippen LogP contribution >= 0.6 is 0 Å². The van der Waals surface area contributed by atoms with Crippen LogP contribution in [-0.4, -0.2) is 39.8 Å². The van der Waals surface area contributed by atoms with Crippen molar-refractivity contribution in [1.82, 2.24) is 25.4 Å². The molecule has 0 radical (unpaired) electrons. The largest absolute Gasteiger partial charge is 0.354 e. The first-order valence-corrected chi connectivity index (χ1v) is 5.67. The molecule has 6 nitrogen and oxygen atoms in total. The summed E-state index contributed by atoms with van der Waals surface area (Å²) in [6.45, 7) is 2.08. The van der Waals surface area contributed by atoms with E-state index in [1.165, 1.54) is 30.2 Å². The van der Waals surface area contributed by atoms with Crippen LogP contribution in [0.1, 0.15) is 19.3 Å². The zero-order valence-corrected chi connectivity index (χ0v) is 9.22. The van der Waals surface area contributed by atoms with E-state index in [-0.39, 0.29) is 12.5 Å². The van der Waals surface area contributed by atoms with Gasteiger partial charge in [0.25, 0.3) is 0 Å². The van der Waals surface area contributed by atoms with Gasteiger partial charge in [-0.1, -0.05) is 0 Å². The maximum Gasteiger partial charge on any atom is 0.241 e. The Morgan fingerprint density at radius 3 is 3.25 bits per heavy atom. The van der Waals surface area contributed by atoms with Gasteiger partial charge in [0.05, 0.1) is 0 Å². The van der Waals surface area contributed by atoms with Crippen molar-refractivity contribution < 1.29 is 4.79 Å². The average molecular weight is 223 g/mol. The highest BCUT2D eigenvalue weighted by Crippen LogP contribution is 2.07. The normalized spacial score (nSPS) is 19.9. The lowest BCUT2D eigenvalue weighted by molar-refractivity contribution is -0.121. The lowest BCUT2D eigenvalue weighted by Crippen LogP contribution is -2.32. The number of hydrogen-bond acceptors (Lipinski definition) is 4. The molecule has 0 spiro atoms. The summed E-state index contributed by atoms with van der Waals surface area (Å²) in [6, 6.07) is 0.576. The second kappa shape index (κ2) is 5.60. The topological polar surface area (TPSA) is 71.8 Å². The van der Waals surface area contributed by atoms with Crippen molar-refractivity contribution in [2.45, 2.75) is 31.8 Å².